The minimum absolute atomic E-state index is 0.365. The van der Waals surface area contributed by atoms with Crippen molar-refractivity contribution in [1.82, 2.24) is 9.62 Å². The molecule has 0 aliphatic heterocycles. The van der Waals surface area contributed by atoms with Crippen LogP contribution in [0.5, 0.6) is 0 Å². The molecular formula is C13H22N2O3S2. The van der Waals surface area contributed by atoms with Crippen LogP contribution in [-0.4, -0.2) is 46.1 Å². The second kappa shape index (κ2) is 6.53. The molecule has 20 heavy (non-hydrogen) atoms. The van der Waals surface area contributed by atoms with Crippen molar-refractivity contribution < 1.29 is 13.2 Å². The van der Waals surface area contributed by atoms with Gasteiger partial charge >= 0.3 is 0 Å². The molecule has 0 bridgehead atoms. The lowest BCUT2D eigenvalue weighted by molar-refractivity contribution is 0.185. The number of hydrogen-bond acceptors (Lipinski definition) is 5. The highest BCUT2D eigenvalue weighted by atomic mass is 32.2. The number of ether oxygens (including phenoxy) is 1. The van der Waals surface area contributed by atoms with Gasteiger partial charge in [-0.15, -0.1) is 11.3 Å². The number of nitrogens with zero attached hydrogens (tertiary/aromatic N) is 1. The number of hydrogen-bond donors (Lipinski definition) is 1. The maximum absolute atomic E-state index is 12.7. The Morgan fingerprint density at radius 1 is 1.50 bits per heavy atom. The molecule has 0 amide bonds. The smallest absolute Gasteiger partial charge is 0.244 e. The number of aryl methyl sites for hydroxylation is 1. The summed E-state index contributed by atoms with van der Waals surface area (Å²) in [5, 5.41) is 5.30. The van der Waals surface area contributed by atoms with E-state index in [1.807, 2.05) is 12.3 Å². The predicted molar refractivity (Wildman–Crippen MR) is 80.6 cm³/mol. The zero-order chi connectivity index (χ0) is 14.8. The number of rotatable bonds is 8. The molecule has 0 aromatic carbocycles. The zero-order valence-corrected chi connectivity index (χ0v) is 13.8. The Hall–Kier alpha value is -0.470. The Morgan fingerprint density at radius 2 is 2.20 bits per heavy atom. The maximum Gasteiger partial charge on any atom is 0.244 e. The van der Waals surface area contributed by atoms with Gasteiger partial charge in [0.2, 0.25) is 10.0 Å². The lowest BCUT2D eigenvalue weighted by Crippen LogP contribution is -2.31. The normalized spacial score (nSPS) is 16.0. The van der Waals surface area contributed by atoms with Crippen LogP contribution in [0.25, 0.3) is 0 Å². The van der Waals surface area contributed by atoms with Gasteiger partial charge in [0, 0.05) is 38.2 Å². The minimum atomic E-state index is -3.43. The average molecular weight is 318 g/mol. The first-order valence-electron chi connectivity index (χ1n) is 6.72. The fourth-order valence-corrected chi connectivity index (χ4v) is 4.83. The monoisotopic (exact) mass is 318 g/mol. The van der Waals surface area contributed by atoms with E-state index in [-0.39, 0.29) is 0 Å². The molecule has 1 aromatic heterocycles. The molecule has 1 N–H and O–H groups in total. The fraction of sp³-hybridized carbons (Fsp3) is 0.692. The van der Waals surface area contributed by atoms with Gasteiger partial charge in [-0.2, -0.15) is 4.31 Å². The molecule has 1 aliphatic carbocycles. The van der Waals surface area contributed by atoms with Gasteiger partial charge < -0.3 is 10.1 Å². The molecule has 2 rings (SSSR count). The van der Waals surface area contributed by atoms with Gasteiger partial charge in [0.25, 0.3) is 0 Å². The van der Waals surface area contributed by atoms with E-state index < -0.39 is 10.0 Å². The molecule has 114 valence electrons. The summed E-state index contributed by atoms with van der Waals surface area (Å²) >= 11 is 1.51. The van der Waals surface area contributed by atoms with Crippen molar-refractivity contribution >= 4 is 21.4 Å². The number of thiophene rings is 1. The molecule has 1 saturated carbocycles. The van der Waals surface area contributed by atoms with Crippen molar-refractivity contribution in [3.63, 3.8) is 0 Å². The van der Waals surface area contributed by atoms with Crippen LogP contribution < -0.4 is 5.32 Å². The molecule has 7 heteroatoms. The summed E-state index contributed by atoms with van der Waals surface area (Å²) in [6, 6.07) is 0.569. The summed E-state index contributed by atoms with van der Waals surface area (Å²) < 4.78 is 31.6. The highest BCUT2D eigenvalue weighted by Crippen LogP contribution is 2.30. The summed E-state index contributed by atoms with van der Waals surface area (Å²) in [7, 11) is -0.261. The number of nitrogens with one attached hydrogen (secondary N) is 1. The summed E-state index contributed by atoms with van der Waals surface area (Å²) in [5.74, 6) is 0. The van der Waals surface area contributed by atoms with E-state index in [1.165, 1.54) is 28.5 Å². The summed E-state index contributed by atoms with van der Waals surface area (Å²) in [6.07, 6.45) is 2.39. The molecular weight excluding hydrogens is 296 g/mol. The minimum Gasteiger partial charge on any atom is -0.383 e. The number of sulfonamides is 1. The van der Waals surface area contributed by atoms with Gasteiger partial charge in [-0.3, -0.25) is 0 Å². The molecule has 5 nitrogen and oxygen atoms in total. The lowest BCUT2D eigenvalue weighted by atomic mass is 10.3. The van der Waals surface area contributed by atoms with Crippen molar-refractivity contribution in [1.29, 1.82) is 0 Å². The molecule has 0 atom stereocenters. The third kappa shape index (κ3) is 3.59. The summed E-state index contributed by atoms with van der Waals surface area (Å²) in [5.41, 5.74) is 0.826. The first kappa shape index (κ1) is 15.9. The van der Waals surface area contributed by atoms with E-state index in [2.05, 4.69) is 5.32 Å². The first-order chi connectivity index (χ1) is 9.46. The molecule has 1 heterocycles. The van der Waals surface area contributed by atoms with Crippen LogP contribution in [0.2, 0.25) is 0 Å². The van der Waals surface area contributed by atoms with Crippen LogP contribution in [-0.2, 0) is 21.3 Å². The standard InChI is InChI=1S/C13H22N2O3S2/c1-10-9-19-12(8-14-11-4-5-11)13(10)20(16,17)15(2)6-7-18-3/h9,11,14H,4-8H2,1-3H3. The van der Waals surface area contributed by atoms with Crippen molar-refractivity contribution in [2.75, 3.05) is 27.3 Å². The van der Waals surface area contributed by atoms with Gasteiger partial charge in [0.15, 0.2) is 0 Å². The SMILES string of the molecule is COCCN(C)S(=O)(=O)c1c(C)csc1CNC1CC1. The predicted octanol–water partition coefficient (Wildman–Crippen LogP) is 1.58. The van der Waals surface area contributed by atoms with Crippen LogP contribution in [0.15, 0.2) is 10.3 Å². The Morgan fingerprint density at radius 3 is 2.80 bits per heavy atom. The van der Waals surface area contributed by atoms with E-state index in [1.54, 1.807) is 14.2 Å². The van der Waals surface area contributed by atoms with Gasteiger partial charge in [-0.05, 0) is 30.7 Å². The Balaban J connectivity index is 2.18. The fourth-order valence-electron chi connectivity index (χ4n) is 1.98. The lowest BCUT2D eigenvalue weighted by Gasteiger charge is -2.18. The number of likely N-dealkylation sites (N-methyl/N-ethyl adjacent to an activating group) is 1. The van der Waals surface area contributed by atoms with Gasteiger partial charge in [-0.1, -0.05) is 0 Å². The van der Waals surface area contributed by atoms with E-state index >= 15 is 0 Å². The van der Waals surface area contributed by atoms with Crippen LogP contribution in [0.3, 0.4) is 0 Å². The highest BCUT2D eigenvalue weighted by Gasteiger charge is 2.28. The first-order valence-corrected chi connectivity index (χ1v) is 9.04. The van der Waals surface area contributed by atoms with E-state index in [0.29, 0.717) is 30.6 Å². The van der Waals surface area contributed by atoms with Crippen LogP contribution in [0.4, 0.5) is 0 Å². The Kier molecular flexibility index (Phi) is 5.19. The zero-order valence-electron chi connectivity index (χ0n) is 12.2. The third-order valence-corrected chi connectivity index (χ3v) is 6.72. The molecule has 1 aliphatic rings. The van der Waals surface area contributed by atoms with Crippen molar-refractivity contribution in [3.05, 3.63) is 15.8 Å². The van der Waals surface area contributed by atoms with E-state index in [9.17, 15) is 8.42 Å². The molecule has 0 saturated heterocycles. The highest BCUT2D eigenvalue weighted by molar-refractivity contribution is 7.89. The topological polar surface area (TPSA) is 58.6 Å². The average Bonchev–Trinajstić information content (AvgIpc) is 3.16. The summed E-state index contributed by atoms with van der Waals surface area (Å²) in [6.45, 7) is 3.25. The Bertz CT molecular complexity index is 550. The van der Waals surface area contributed by atoms with Crippen molar-refractivity contribution in [3.8, 4) is 0 Å². The molecule has 1 aromatic rings. The number of methoxy groups -OCH3 is 1. The van der Waals surface area contributed by atoms with Crippen molar-refractivity contribution in [2.24, 2.45) is 0 Å². The van der Waals surface area contributed by atoms with E-state index in [4.69, 9.17) is 4.74 Å². The molecule has 0 radical (unpaired) electrons. The van der Waals surface area contributed by atoms with Crippen LogP contribution in [0, 0.1) is 6.92 Å². The van der Waals surface area contributed by atoms with Gasteiger partial charge in [0.1, 0.15) is 4.90 Å². The maximum atomic E-state index is 12.7. The van der Waals surface area contributed by atoms with Crippen LogP contribution in [0.1, 0.15) is 23.3 Å². The molecule has 1 fully saturated rings. The molecule has 0 spiro atoms. The largest absolute Gasteiger partial charge is 0.383 e. The second-order valence-corrected chi connectivity index (χ2v) is 8.09. The van der Waals surface area contributed by atoms with E-state index in [0.717, 1.165) is 10.4 Å². The van der Waals surface area contributed by atoms with Crippen LogP contribution >= 0.6 is 11.3 Å². The second-order valence-electron chi connectivity index (χ2n) is 5.15. The van der Waals surface area contributed by atoms with Gasteiger partial charge in [0.05, 0.1) is 6.61 Å². The molecule has 0 unspecified atom stereocenters. The summed E-state index contributed by atoms with van der Waals surface area (Å²) in [4.78, 5) is 1.37. The Labute approximate surface area is 125 Å². The van der Waals surface area contributed by atoms with Crippen molar-refractivity contribution in [2.45, 2.75) is 37.2 Å². The third-order valence-electron chi connectivity index (χ3n) is 3.40. The van der Waals surface area contributed by atoms with Gasteiger partial charge in [-0.25, -0.2) is 8.42 Å². The quantitative estimate of drug-likeness (QED) is 0.790.